The highest BCUT2D eigenvalue weighted by Crippen LogP contribution is 2.30. The first-order valence-electron chi connectivity index (χ1n) is 42.4. The average molecular weight is 1810 g/mol. The van der Waals surface area contributed by atoms with E-state index in [1.165, 1.54) is 63.7 Å². The number of carbonyl (C=O) groups excluding carboxylic acids is 17. The highest BCUT2D eigenvalue weighted by atomic mass is 32.2. The lowest BCUT2D eigenvalue weighted by atomic mass is 10.00. The number of H-pyrrole nitrogens is 1. The predicted molar refractivity (Wildman–Crippen MR) is 470 cm³/mol. The molecule has 17 amide bonds. The van der Waals surface area contributed by atoms with Crippen molar-refractivity contribution in [3.05, 3.63) is 101 Å². The van der Waals surface area contributed by atoms with Gasteiger partial charge in [-0.15, -0.1) is 23.1 Å². The van der Waals surface area contributed by atoms with Gasteiger partial charge >= 0.3 is 0 Å². The lowest BCUT2D eigenvalue weighted by molar-refractivity contribution is -0.149. The van der Waals surface area contributed by atoms with Gasteiger partial charge in [0.25, 0.3) is 0 Å². The number of aliphatic hydroxyl groups excluding tert-OH is 2. The van der Waals surface area contributed by atoms with Crippen LogP contribution in [0.25, 0.3) is 21.0 Å². The third kappa shape index (κ3) is 27.3. The van der Waals surface area contributed by atoms with Crippen LogP contribution in [0.1, 0.15) is 122 Å². The Hall–Kier alpha value is -11.9. The minimum absolute atomic E-state index is 0.00372. The number of hydrogen-bond acceptors (Lipinski definition) is 24. The fourth-order valence-corrected chi connectivity index (χ4v) is 17.4. The molecular weight excluding hydrogens is 1690 g/mol. The number of nitrogens with two attached hydrogens (primary N) is 4. The van der Waals surface area contributed by atoms with Gasteiger partial charge < -0.3 is 121 Å². The van der Waals surface area contributed by atoms with Crippen LogP contribution in [-0.4, -0.2) is 308 Å². The predicted octanol–water partition coefficient (Wildman–Crippen LogP) is -3.51. The quantitative estimate of drug-likeness (QED) is 0.0320. The van der Waals surface area contributed by atoms with Crippen LogP contribution in [0.15, 0.2) is 84.4 Å². The van der Waals surface area contributed by atoms with Gasteiger partial charge in [0.05, 0.1) is 31.4 Å². The maximum Gasteiger partial charge on any atom is 0.246 e. The van der Waals surface area contributed by atoms with E-state index in [1.807, 2.05) is 32.0 Å². The Kier molecular flexibility index (Phi) is 37.7. The Labute approximate surface area is 743 Å². The number of aliphatic hydroxyl groups is 2. The SMILES string of the molecule is CCCC[C@H]1C(=O)N(C)[C@@H](CCCC)C(=O)N[C@@H](CN)C(=O)N[C@H](C(=O)NCC(N)=O)CSCC(=O)N[C@@H](Cc2ccc(O)cc2)C(=O)N(C)[C@@H](C)C(=O)N[C@@H](CC(N)=O)C(=O)N2CCC[C@H]2C(=O)N[C@@H](CN)C(=O)N[C@@H](CC(C)C)C(=O)N2C[C@H](O)C[C@H]2C(=O)N[C@@H](Cc2c[nH]c3ccccc23)C(=O)N[C@@H](CO)C(=O)N[C@@H](Cc2csc3ccccc23)C(=O)N1C. The first-order valence-corrected chi connectivity index (χ1v) is 44.5. The maximum atomic E-state index is 15.6. The Morgan fingerprint density at radius 3 is 1.75 bits per heavy atom. The van der Waals surface area contributed by atoms with Gasteiger partial charge in [-0.25, -0.2) is 0 Å². The number of likely N-dealkylation sites (N-methyl/N-ethyl adjacent to an activating group) is 3. The van der Waals surface area contributed by atoms with Crippen LogP contribution in [0.3, 0.4) is 0 Å². The number of nitrogens with one attached hydrogen (secondary N) is 11. The molecule has 0 radical (unpaired) electrons. The molecule has 3 fully saturated rings. The van der Waals surface area contributed by atoms with Gasteiger partial charge in [-0.05, 0) is 96.7 Å². The van der Waals surface area contributed by atoms with Crippen molar-refractivity contribution in [2.75, 3.05) is 72.0 Å². The molecule has 5 heterocycles. The van der Waals surface area contributed by atoms with E-state index in [0.29, 0.717) is 58.7 Å². The molecule has 0 unspecified atom stereocenters. The second-order valence-corrected chi connectivity index (χ2v) is 34.5. The van der Waals surface area contributed by atoms with Crippen LogP contribution in [0, 0.1) is 5.92 Å². The van der Waals surface area contributed by atoms with Crippen molar-refractivity contribution in [2.24, 2.45) is 28.9 Å². The number of rotatable bonds is 22. The molecule has 3 saturated heterocycles. The monoisotopic (exact) mass is 1800 g/mol. The van der Waals surface area contributed by atoms with Crippen LogP contribution in [-0.2, 0) is 101 Å². The normalized spacial score (nSPS) is 25.6. The fourth-order valence-electron chi connectivity index (χ4n) is 15.5. The van der Waals surface area contributed by atoms with E-state index >= 15 is 28.8 Å². The van der Waals surface area contributed by atoms with E-state index in [2.05, 4.69) is 58.2 Å². The molecule has 0 spiro atoms. The zero-order valence-corrected chi connectivity index (χ0v) is 74.2. The summed E-state index contributed by atoms with van der Waals surface area (Å²) in [7, 11) is 3.90. The molecule has 15 atom stereocenters. The Balaban J connectivity index is 1.16. The van der Waals surface area contributed by atoms with Crippen LogP contribution in [0.5, 0.6) is 5.75 Å². The van der Waals surface area contributed by atoms with Crippen molar-refractivity contribution in [1.82, 2.24) is 82.7 Å². The summed E-state index contributed by atoms with van der Waals surface area (Å²) in [4.78, 5) is 255. The number of phenols is 1. The number of fused-ring (bicyclic) bond motifs is 4. The lowest BCUT2D eigenvalue weighted by Crippen LogP contribution is -2.62. The Bertz CT molecular complexity index is 4780. The van der Waals surface area contributed by atoms with Crippen molar-refractivity contribution >= 4 is 145 Å². The topological polar surface area (TPSA) is 607 Å². The number of carbonyl (C=O) groups is 17. The van der Waals surface area contributed by atoms with Crippen molar-refractivity contribution in [3.63, 3.8) is 0 Å². The van der Waals surface area contributed by atoms with Gasteiger partial charge in [0.1, 0.15) is 90.3 Å². The summed E-state index contributed by atoms with van der Waals surface area (Å²) in [5, 5.41) is 61.6. The van der Waals surface area contributed by atoms with E-state index in [0.717, 1.165) is 41.0 Å². The summed E-state index contributed by atoms with van der Waals surface area (Å²) >= 11 is 2.11. The number of para-hydroxylation sites is 1. The number of primary amides is 2. The number of aromatic nitrogens is 1. The van der Waals surface area contributed by atoms with Gasteiger partial charge in [-0.3, -0.25) is 81.5 Å². The summed E-state index contributed by atoms with van der Waals surface area (Å²) in [5.41, 5.74) is 25.5. The van der Waals surface area contributed by atoms with E-state index in [-0.39, 0.29) is 76.0 Å². The fraction of sp³-hybridized carbons (Fsp3) is 0.541. The maximum absolute atomic E-state index is 15.6. The highest BCUT2D eigenvalue weighted by Gasteiger charge is 2.47. The van der Waals surface area contributed by atoms with Crippen LogP contribution in [0.4, 0.5) is 0 Å². The van der Waals surface area contributed by atoms with E-state index in [1.54, 1.807) is 55.8 Å². The second kappa shape index (κ2) is 47.6. The molecule has 3 aliphatic rings. The second-order valence-electron chi connectivity index (χ2n) is 32.6. The molecule has 2 aromatic heterocycles. The number of amides is 17. The molecule has 692 valence electrons. The molecule has 40 nitrogen and oxygen atoms in total. The molecule has 22 N–H and O–H groups in total. The zero-order chi connectivity index (χ0) is 93.2. The summed E-state index contributed by atoms with van der Waals surface area (Å²) in [6, 6.07) is -1.93. The van der Waals surface area contributed by atoms with Crippen molar-refractivity contribution in [3.8, 4) is 5.75 Å². The standard InChI is InChI=1S/C85H120N20O20S2/c1-9-11-21-64-78(118)97-61(37-87)76(116)100-63(73(113)91-39-70(89)110)43-126-44-71(111)92-57(31-47-25-27-50(107)28-26-47)81(121)101(6)46(5)72(112)94-59(35-69(88)109)83(123)104-29-17-23-65(104)79(119)98-60(36-86)75(115)95-56(30-45(3)4)84(124)105-40-51(108)34-67(105)80(120)93-55(32-48-38-90-54-20-15-13-18-52(48)54)74(114)99-62(41-106)77(117)96-58(33-49-42-127-68-24-16-14-19-53(49)68)82(122)103(8)66(22-12-10-2)85(125)102(64)7/h13-16,18-20,24-28,38,42,45-46,51,55-67,90,106-108H,9-12,17,21-23,29-37,39-41,43-44,86-87H2,1-8H3,(H2,88,109)(H2,89,110)(H,91,113)(H,92,111)(H,93,120)(H,94,112)(H,95,115)(H,96,117)(H,97,118)(H,98,119)(H,99,114)(H,100,116)/t46-,51+,55-,56-,57-,58-,59-,60-,61-,62-,63-,64-,65-,66-,67-/m0/s1. The molecule has 0 saturated carbocycles. The van der Waals surface area contributed by atoms with Crippen LogP contribution < -0.4 is 76.1 Å². The Morgan fingerprint density at radius 1 is 0.559 bits per heavy atom. The van der Waals surface area contributed by atoms with E-state index < -0.39 is 242 Å². The zero-order valence-electron chi connectivity index (χ0n) is 72.5. The third-order valence-corrected chi connectivity index (χ3v) is 24.8. The Morgan fingerprint density at radius 2 is 1.10 bits per heavy atom. The molecule has 0 bridgehead atoms. The number of hydrogen-bond donors (Lipinski definition) is 18. The molecule has 3 aliphatic heterocycles. The van der Waals surface area contributed by atoms with Gasteiger partial charge in [0.15, 0.2) is 0 Å². The summed E-state index contributed by atoms with van der Waals surface area (Å²) in [6.45, 7) is 4.86. The number of aromatic hydroxyl groups is 1. The number of nitrogens with zero attached hydrogens (tertiary/aromatic N) is 5. The van der Waals surface area contributed by atoms with Crippen molar-refractivity contribution in [1.29, 1.82) is 0 Å². The minimum atomic E-state index is -1.87. The van der Waals surface area contributed by atoms with E-state index in [4.69, 9.17) is 22.9 Å². The summed E-state index contributed by atoms with van der Waals surface area (Å²) in [6.07, 6.45) is 0.0682. The number of phenolic OH excluding ortho intramolecular Hbond substituents is 1. The van der Waals surface area contributed by atoms with Crippen LogP contribution >= 0.6 is 23.1 Å². The molecule has 42 heteroatoms. The van der Waals surface area contributed by atoms with Gasteiger partial charge in [-0.1, -0.05) is 102 Å². The van der Waals surface area contributed by atoms with Gasteiger partial charge in [-0.2, -0.15) is 0 Å². The van der Waals surface area contributed by atoms with Crippen LogP contribution in [0.2, 0.25) is 0 Å². The first kappa shape index (κ1) is 101. The van der Waals surface area contributed by atoms with Crippen molar-refractivity contribution in [2.45, 2.75) is 215 Å². The number of unbranched alkanes of at least 4 members (excludes halogenated alkanes) is 2. The highest BCUT2D eigenvalue weighted by molar-refractivity contribution is 8.00. The lowest BCUT2D eigenvalue weighted by Gasteiger charge is -2.36. The summed E-state index contributed by atoms with van der Waals surface area (Å²) in [5.74, 6) is -17.6. The largest absolute Gasteiger partial charge is 0.508 e. The molecule has 3 aromatic carbocycles. The number of thioether (sulfide) groups is 1. The molecule has 0 aliphatic carbocycles. The third-order valence-electron chi connectivity index (χ3n) is 22.7. The molecule has 127 heavy (non-hydrogen) atoms. The minimum Gasteiger partial charge on any atom is -0.508 e. The average Bonchev–Trinajstić information content (AvgIpc) is 1.72. The number of benzene rings is 3. The van der Waals surface area contributed by atoms with Gasteiger partial charge in [0.2, 0.25) is 100 Å². The van der Waals surface area contributed by atoms with Crippen molar-refractivity contribution < 1.29 is 96.8 Å². The number of aromatic amines is 1. The number of thiophene rings is 1. The molecule has 5 aromatic rings. The first-order chi connectivity index (χ1) is 60.4. The van der Waals surface area contributed by atoms with Gasteiger partial charge in [0, 0.05) is 101 Å². The summed E-state index contributed by atoms with van der Waals surface area (Å²) < 4.78 is 0.818. The molecular formula is C85H120N20O20S2. The smallest absolute Gasteiger partial charge is 0.246 e. The molecule has 8 rings (SSSR count). The van der Waals surface area contributed by atoms with E-state index in [9.17, 15) is 68.1 Å².